The molecule has 1 fully saturated rings. The highest BCUT2D eigenvalue weighted by atomic mass is 16.2. The van der Waals surface area contributed by atoms with E-state index in [0.29, 0.717) is 17.8 Å². The van der Waals surface area contributed by atoms with Gasteiger partial charge < -0.3 is 4.90 Å². The zero-order chi connectivity index (χ0) is 18.0. The molecule has 5 nitrogen and oxygen atoms in total. The molecule has 0 bridgehead atoms. The summed E-state index contributed by atoms with van der Waals surface area (Å²) in [5, 5.41) is 13.5. The zero-order valence-electron chi connectivity index (χ0n) is 15.1. The maximum absolute atomic E-state index is 13.3. The third kappa shape index (κ3) is 3.30. The molecule has 25 heavy (non-hydrogen) atoms. The normalized spacial score (nSPS) is 18.7. The van der Waals surface area contributed by atoms with Crippen LogP contribution in [0.25, 0.3) is 0 Å². The molecule has 1 aliphatic carbocycles. The zero-order valence-corrected chi connectivity index (χ0v) is 15.1. The van der Waals surface area contributed by atoms with E-state index in [0.717, 1.165) is 24.8 Å². The number of hydrogen-bond donors (Lipinski definition) is 0. The van der Waals surface area contributed by atoms with Gasteiger partial charge in [0.15, 0.2) is 5.69 Å². The van der Waals surface area contributed by atoms with Gasteiger partial charge in [0.2, 0.25) is 0 Å². The molecule has 2 aromatic rings. The summed E-state index contributed by atoms with van der Waals surface area (Å²) < 4.78 is 1.47. The number of aryl methyl sites for hydroxylation is 1. The molecule has 1 heterocycles. The Balaban J connectivity index is 1.98. The first-order valence-electron chi connectivity index (χ1n) is 8.71. The van der Waals surface area contributed by atoms with Crippen molar-refractivity contribution in [3.63, 3.8) is 0 Å². The van der Waals surface area contributed by atoms with E-state index in [9.17, 15) is 10.1 Å². The maximum atomic E-state index is 13.3. The molecule has 0 spiro atoms. The van der Waals surface area contributed by atoms with Crippen molar-refractivity contribution >= 4 is 5.91 Å². The lowest BCUT2D eigenvalue weighted by molar-refractivity contribution is 0.0527. The van der Waals surface area contributed by atoms with Crippen LogP contribution >= 0.6 is 0 Å². The molecule has 130 valence electrons. The molecule has 5 heteroatoms. The van der Waals surface area contributed by atoms with E-state index in [1.807, 2.05) is 35.2 Å². The predicted molar refractivity (Wildman–Crippen MR) is 95.7 cm³/mol. The SMILES string of the molecule is Cn1ncc(C(=O)N(Cc2ccccc2)C2CCCC2(C)C)c1C#N. The molecule has 1 unspecified atom stereocenters. The highest BCUT2D eigenvalue weighted by Gasteiger charge is 2.41. The van der Waals surface area contributed by atoms with Crippen molar-refractivity contribution in [2.45, 2.75) is 45.7 Å². The van der Waals surface area contributed by atoms with E-state index in [-0.39, 0.29) is 17.4 Å². The predicted octanol–water partition coefficient (Wildman–Crippen LogP) is 3.51. The van der Waals surface area contributed by atoms with Crippen molar-refractivity contribution in [3.05, 3.63) is 53.3 Å². The Bertz CT molecular complexity index is 801. The second-order valence-corrected chi connectivity index (χ2v) is 7.46. The summed E-state index contributed by atoms with van der Waals surface area (Å²) in [6.07, 6.45) is 4.73. The number of amides is 1. The molecule has 3 rings (SSSR count). The lowest BCUT2D eigenvalue weighted by Crippen LogP contribution is -2.45. The number of hydrogen-bond acceptors (Lipinski definition) is 3. The monoisotopic (exact) mass is 336 g/mol. The van der Waals surface area contributed by atoms with Crippen LogP contribution in [0.5, 0.6) is 0 Å². The number of aromatic nitrogens is 2. The summed E-state index contributed by atoms with van der Waals surface area (Å²) in [6, 6.07) is 12.3. The molecule has 1 aromatic carbocycles. The Morgan fingerprint density at radius 3 is 2.72 bits per heavy atom. The second kappa shape index (κ2) is 6.72. The molecule has 1 aromatic heterocycles. The molecule has 0 radical (unpaired) electrons. The van der Waals surface area contributed by atoms with E-state index in [4.69, 9.17) is 0 Å². The largest absolute Gasteiger partial charge is 0.331 e. The van der Waals surface area contributed by atoms with Gasteiger partial charge in [-0.3, -0.25) is 9.48 Å². The van der Waals surface area contributed by atoms with Crippen molar-refractivity contribution in [1.82, 2.24) is 14.7 Å². The number of nitrogens with zero attached hydrogens (tertiary/aromatic N) is 4. The molecular weight excluding hydrogens is 312 g/mol. The first-order chi connectivity index (χ1) is 11.9. The van der Waals surface area contributed by atoms with Crippen LogP contribution in [0.1, 0.15) is 54.7 Å². The lowest BCUT2D eigenvalue weighted by atomic mass is 9.86. The Kier molecular flexibility index (Phi) is 4.63. The molecular formula is C20H24N4O. The van der Waals surface area contributed by atoms with Crippen LogP contribution in [0.15, 0.2) is 36.5 Å². The Hall–Kier alpha value is -2.61. The molecule has 1 saturated carbocycles. The van der Waals surface area contributed by atoms with Gasteiger partial charge >= 0.3 is 0 Å². The summed E-state index contributed by atoms with van der Waals surface area (Å²) in [4.78, 5) is 15.3. The fraction of sp³-hybridized carbons (Fsp3) is 0.450. The van der Waals surface area contributed by atoms with Gasteiger partial charge in [0.05, 0.1) is 11.8 Å². The van der Waals surface area contributed by atoms with Crippen LogP contribution in [0, 0.1) is 16.7 Å². The smallest absolute Gasteiger partial charge is 0.259 e. The molecule has 0 aliphatic heterocycles. The molecule has 1 atom stereocenters. The van der Waals surface area contributed by atoms with Crippen molar-refractivity contribution in [1.29, 1.82) is 5.26 Å². The summed E-state index contributed by atoms with van der Waals surface area (Å²) in [6.45, 7) is 5.00. The number of carbonyl (C=O) groups is 1. The van der Waals surface area contributed by atoms with Crippen LogP contribution in [0.2, 0.25) is 0 Å². The number of carbonyl (C=O) groups excluding carboxylic acids is 1. The average molecular weight is 336 g/mol. The van der Waals surface area contributed by atoms with Crippen LogP contribution in [0.3, 0.4) is 0 Å². The van der Waals surface area contributed by atoms with E-state index in [2.05, 4.69) is 25.0 Å². The Morgan fingerprint density at radius 1 is 1.40 bits per heavy atom. The summed E-state index contributed by atoms with van der Waals surface area (Å²) in [7, 11) is 1.69. The van der Waals surface area contributed by atoms with Gasteiger partial charge in [0, 0.05) is 19.6 Å². The van der Waals surface area contributed by atoms with Crippen LogP contribution in [-0.4, -0.2) is 26.6 Å². The van der Waals surface area contributed by atoms with Crippen molar-refractivity contribution in [3.8, 4) is 6.07 Å². The quantitative estimate of drug-likeness (QED) is 0.858. The van der Waals surface area contributed by atoms with E-state index >= 15 is 0 Å². The van der Waals surface area contributed by atoms with Gasteiger partial charge in [-0.2, -0.15) is 10.4 Å². The number of nitriles is 1. The fourth-order valence-corrected chi connectivity index (χ4v) is 3.87. The van der Waals surface area contributed by atoms with E-state index < -0.39 is 0 Å². The highest BCUT2D eigenvalue weighted by Crippen LogP contribution is 2.41. The topological polar surface area (TPSA) is 61.9 Å². The van der Waals surface area contributed by atoms with E-state index in [1.54, 1.807) is 7.05 Å². The minimum absolute atomic E-state index is 0.0689. The molecule has 0 saturated heterocycles. The van der Waals surface area contributed by atoms with E-state index in [1.165, 1.54) is 10.9 Å². The van der Waals surface area contributed by atoms with Gasteiger partial charge in [0.25, 0.3) is 5.91 Å². The molecule has 0 N–H and O–H groups in total. The van der Waals surface area contributed by atoms with Crippen molar-refractivity contribution in [2.24, 2.45) is 12.5 Å². The van der Waals surface area contributed by atoms with Crippen LogP contribution in [-0.2, 0) is 13.6 Å². The standard InChI is InChI=1S/C20H24N4O/c1-20(2)11-7-10-18(20)24(14-15-8-5-4-6-9-15)19(25)16-13-22-23(3)17(16)12-21/h4-6,8-9,13,18H,7,10-11,14H2,1-3H3. The first kappa shape index (κ1) is 17.2. The first-order valence-corrected chi connectivity index (χ1v) is 8.71. The third-order valence-corrected chi connectivity index (χ3v) is 5.31. The lowest BCUT2D eigenvalue weighted by Gasteiger charge is -2.37. The summed E-state index contributed by atoms with van der Waals surface area (Å²) in [5.74, 6) is -0.103. The maximum Gasteiger partial charge on any atom is 0.259 e. The minimum atomic E-state index is -0.103. The number of benzene rings is 1. The van der Waals surface area contributed by atoms with Gasteiger partial charge in [0.1, 0.15) is 6.07 Å². The third-order valence-electron chi connectivity index (χ3n) is 5.31. The fourth-order valence-electron chi connectivity index (χ4n) is 3.87. The molecule has 1 aliphatic rings. The van der Waals surface area contributed by atoms with Gasteiger partial charge in [-0.1, -0.05) is 50.6 Å². The van der Waals surface area contributed by atoms with Gasteiger partial charge in [-0.15, -0.1) is 0 Å². The van der Waals surface area contributed by atoms with Gasteiger partial charge in [-0.05, 0) is 23.8 Å². The summed E-state index contributed by atoms with van der Waals surface area (Å²) in [5.41, 5.74) is 1.88. The van der Waals surface area contributed by atoms with Crippen molar-refractivity contribution < 1.29 is 4.79 Å². The summed E-state index contributed by atoms with van der Waals surface area (Å²) >= 11 is 0. The van der Waals surface area contributed by atoms with Crippen LogP contribution < -0.4 is 0 Å². The number of rotatable bonds is 4. The average Bonchev–Trinajstić information content (AvgIpc) is 3.14. The van der Waals surface area contributed by atoms with Gasteiger partial charge in [-0.25, -0.2) is 0 Å². The minimum Gasteiger partial charge on any atom is -0.331 e. The van der Waals surface area contributed by atoms with Crippen LogP contribution in [0.4, 0.5) is 0 Å². The highest BCUT2D eigenvalue weighted by molar-refractivity contribution is 5.96. The Labute approximate surface area is 148 Å². The van der Waals surface area contributed by atoms with Crippen molar-refractivity contribution in [2.75, 3.05) is 0 Å². The molecule has 1 amide bonds. The Morgan fingerprint density at radius 2 is 2.12 bits per heavy atom. The second-order valence-electron chi connectivity index (χ2n) is 7.46.